The van der Waals surface area contributed by atoms with Gasteiger partial charge in [0.05, 0.1) is 0 Å². The van der Waals surface area contributed by atoms with E-state index in [1.54, 1.807) is 0 Å². The maximum atomic E-state index is 4.24. The molecule has 0 radical (unpaired) electrons. The van der Waals surface area contributed by atoms with Crippen LogP contribution in [-0.2, 0) is 0 Å². The summed E-state index contributed by atoms with van der Waals surface area (Å²) in [5.74, 6) is 1.86. The summed E-state index contributed by atoms with van der Waals surface area (Å²) in [6.07, 6.45) is 12.6. The molecule has 17 heavy (non-hydrogen) atoms. The minimum Gasteiger partial charge on any atom is -0.316 e. The number of hydrogen-bond acceptors (Lipinski definition) is 2. The molecule has 0 heterocycles. The zero-order valence-electron chi connectivity index (χ0n) is 12.0. The van der Waals surface area contributed by atoms with E-state index in [2.05, 4.69) is 31.8 Å². The van der Waals surface area contributed by atoms with E-state index in [0.717, 1.165) is 18.2 Å². The Labute approximate surface area is 115 Å². The summed E-state index contributed by atoms with van der Waals surface area (Å²) in [6, 6.07) is 0. The number of unbranched alkanes of at least 4 members (excludes halogenated alkanes) is 5. The molecule has 0 rings (SSSR count). The molecule has 0 aliphatic rings. The minimum absolute atomic E-state index is 0.901. The molecule has 0 aromatic heterocycles. The summed E-state index contributed by atoms with van der Waals surface area (Å²) in [7, 11) is 0. The van der Waals surface area contributed by atoms with Crippen LogP contribution in [-0.4, -0.2) is 18.8 Å². The lowest BCUT2D eigenvalue weighted by atomic mass is 9.94. The van der Waals surface area contributed by atoms with E-state index >= 15 is 0 Å². The number of nitrogens with one attached hydrogen (secondary N) is 1. The average Bonchev–Trinajstić information content (AvgIpc) is 2.34. The third-order valence-corrected chi connectivity index (χ3v) is 3.63. The van der Waals surface area contributed by atoms with Gasteiger partial charge in [-0.1, -0.05) is 58.8 Å². The van der Waals surface area contributed by atoms with Crippen LogP contribution in [0.25, 0.3) is 0 Å². The smallest absolute Gasteiger partial charge is 0.00398 e. The highest BCUT2D eigenvalue weighted by Gasteiger charge is 2.07. The highest BCUT2D eigenvalue weighted by molar-refractivity contribution is 7.80. The monoisotopic (exact) mass is 259 g/mol. The topological polar surface area (TPSA) is 12.0 Å². The summed E-state index contributed by atoms with van der Waals surface area (Å²) < 4.78 is 0. The molecule has 0 bridgehead atoms. The molecule has 2 heteroatoms. The molecule has 0 fully saturated rings. The summed E-state index contributed by atoms with van der Waals surface area (Å²) >= 11 is 4.24. The Kier molecular flexibility index (Phi) is 14.6. The average molecular weight is 260 g/mol. The fourth-order valence-corrected chi connectivity index (χ4v) is 2.43. The van der Waals surface area contributed by atoms with E-state index in [9.17, 15) is 0 Å². The molecule has 0 aromatic rings. The van der Waals surface area contributed by atoms with Crippen molar-refractivity contribution in [2.24, 2.45) is 5.92 Å². The first-order chi connectivity index (χ1) is 8.35. The molecule has 1 unspecified atom stereocenters. The zero-order valence-corrected chi connectivity index (χ0v) is 12.9. The molecule has 0 amide bonds. The molecule has 1 atom stereocenters. The Morgan fingerprint density at radius 1 is 0.882 bits per heavy atom. The van der Waals surface area contributed by atoms with Crippen molar-refractivity contribution in [2.75, 3.05) is 18.8 Å². The van der Waals surface area contributed by atoms with Gasteiger partial charge < -0.3 is 5.32 Å². The highest BCUT2D eigenvalue weighted by Crippen LogP contribution is 2.17. The lowest BCUT2D eigenvalue weighted by Crippen LogP contribution is -2.24. The van der Waals surface area contributed by atoms with Crippen molar-refractivity contribution < 1.29 is 0 Å². The lowest BCUT2D eigenvalue weighted by Gasteiger charge is -2.17. The first kappa shape index (κ1) is 17.3. The SMILES string of the molecule is CCCCCCC(CCCCC)CNCCS. The van der Waals surface area contributed by atoms with Gasteiger partial charge in [0.15, 0.2) is 0 Å². The Morgan fingerprint density at radius 2 is 1.47 bits per heavy atom. The third-order valence-electron chi connectivity index (χ3n) is 3.40. The summed E-state index contributed by atoms with van der Waals surface area (Å²) in [5, 5.41) is 3.53. The highest BCUT2D eigenvalue weighted by atomic mass is 32.1. The molecule has 0 aliphatic heterocycles. The van der Waals surface area contributed by atoms with E-state index < -0.39 is 0 Å². The molecule has 0 aromatic carbocycles. The Balaban J connectivity index is 3.60. The van der Waals surface area contributed by atoms with Crippen molar-refractivity contribution in [2.45, 2.75) is 71.6 Å². The second-order valence-electron chi connectivity index (χ2n) is 5.14. The minimum atomic E-state index is 0.901. The van der Waals surface area contributed by atoms with E-state index in [-0.39, 0.29) is 0 Å². The first-order valence-electron chi connectivity index (χ1n) is 7.66. The molecule has 104 valence electrons. The van der Waals surface area contributed by atoms with Gasteiger partial charge in [0, 0.05) is 12.3 Å². The molecule has 1 nitrogen and oxygen atoms in total. The predicted molar refractivity (Wildman–Crippen MR) is 83.1 cm³/mol. The van der Waals surface area contributed by atoms with Crippen LogP contribution in [0.1, 0.15) is 71.6 Å². The van der Waals surface area contributed by atoms with Gasteiger partial charge in [-0.2, -0.15) is 12.6 Å². The molecule has 0 saturated carbocycles. The Morgan fingerprint density at radius 3 is 2.06 bits per heavy atom. The molecule has 0 aliphatic carbocycles. The van der Waals surface area contributed by atoms with Crippen molar-refractivity contribution >= 4 is 12.6 Å². The van der Waals surface area contributed by atoms with Crippen LogP contribution < -0.4 is 5.32 Å². The quantitative estimate of drug-likeness (QED) is 0.362. The van der Waals surface area contributed by atoms with Crippen LogP contribution >= 0.6 is 12.6 Å². The van der Waals surface area contributed by atoms with Gasteiger partial charge in [-0.3, -0.25) is 0 Å². The van der Waals surface area contributed by atoms with Gasteiger partial charge in [0.2, 0.25) is 0 Å². The van der Waals surface area contributed by atoms with E-state index in [1.807, 2.05) is 0 Å². The van der Waals surface area contributed by atoms with Crippen LogP contribution in [0.2, 0.25) is 0 Å². The molecule has 1 N–H and O–H groups in total. The van der Waals surface area contributed by atoms with Gasteiger partial charge >= 0.3 is 0 Å². The molecular weight excluding hydrogens is 226 g/mol. The van der Waals surface area contributed by atoms with Gasteiger partial charge in [0.1, 0.15) is 0 Å². The second-order valence-corrected chi connectivity index (χ2v) is 5.59. The molecular formula is C15H33NS. The maximum absolute atomic E-state index is 4.24. The number of hydrogen-bond donors (Lipinski definition) is 2. The lowest BCUT2D eigenvalue weighted by molar-refractivity contribution is 0.389. The van der Waals surface area contributed by atoms with Gasteiger partial charge in [-0.15, -0.1) is 0 Å². The maximum Gasteiger partial charge on any atom is 0.00398 e. The summed E-state index contributed by atoms with van der Waals surface area (Å²) in [5.41, 5.74) is 0. The molecule has 0 spiro atoms. The van der Waals surface area contributed by atoms with Gasteiger partial charge in [-0.05, 0) is 25.3 Å². The van der Waals surface area contributed by atoms with Gasteiger partial charge in [-0.25, -0.2) is 0 Å². The Hall–Kier alpha value is 0.310. The van der Waals surface area contributed by atoms with E-state index in [1.165, 1.54) is 64.3 Å². The number of rotatable bonds is 13. The fourth-order valence-electron chi connectivity index (χ4n) is 2.28. The van der Waals surface area contributed by atoms with Gasteiger partial charge in [0.25, 0.3) is 0 Å². The van der Waals surface area contributed by atoms with Crippen molar-refractivity contribution in [1.29, 1.82) is 0 Å². The standard InChI is InChI=1S/C15H33NS/c1-3-5-7-9-11-15(10-8-6-4-2)14-16-12-13-17/h15-17H,3-14H2,1-2H3. The van der Waals surface area contributed by atoms with Crippen molar-refractivity contribution in [3.05, 3.63) is 0 Å². The normalized spacial score (nSPS) is 12.9. The van der Waals surface area contributed by atoms with Crippen molar-refractivity contribution in [1.82, 2.24) is 5.32 Å². The Bertz CT molecular complexity index is 129. The largest absolute Gasteiger partial charge is 0.316 e. The van der Waals surface area contributed by atoms with Crippen LogP contribution in [0.15, 0.2) is 0 Å². The summed E-state index contributed by atoms with van der Waals surface area (Å²) in [4.78, 5) is 0. The summed E-state index contributed by atoms with van der Waals surface area (Å²) in [6.45, 7) is 6.83. The third kappa shape index (κ3) is 12.6. The van der Waals surface area contributed by atoms with Crippen molar-refractivity contribution in [3.8, 4) is 0 Å². The van der Waals surface area contributed by atoms with Crippen molar-refractivity contribution in [3.63, 3.8) is 0 Å². The van der Waals surface area contributed by atoms with Crippen LogP contribution in [0, 0.1) is 5.92 Å². The molecule has 0 saturated heterocycles. The van der Waals surface area contributed by atoms with E-state index in [4.69, 9.17) is 0 Å². The van der Waals surface area contributed by atoms with Crippen LogP contribution in [0.4, 0.5) is 0 Å². The predicted octanol–water partition coefficient (Wildman–Crippen LogP) is 4.67. The van der Waals surface area contributed by atoms with Crippen LogP contribution in [0.3, 0.4) is 0 Å². The first-order valence-corrected chi connectivity index (χ1v) is 8.29. The number of thiol groups is 1. The second kappa shape index (κ2) is 14.4. The van der Waals surface area contributed by atoms with Crippen LogP contribution in [0.5, 0.6) is 0 Å². The fraction of sp³-hybridized carbons (Fsp3) is 1.00. The zero-order chi connectivity index (χ0) is 12.8. The van der Waals surface area contributed by atoms with E-state index in [0.29, 0.717) is 0 Å².